The predicted molar refractivity (Wildman–Crippen MR) is 93.0 cm³/mol. The van der Waals surface area contributed by atoms with E-state index in [1.165, 1.54) is 11.7 Å². The van der Waals surface area contributed by atoms with Crippen molar-refractivity contribution in [2.45, 2.75) is 0 Å². The quantitative estimate of drug-likeness (QED) is 0.613. The molecule has 8 heteroatoms. The van der Waals surface area contributed by atoms with Gasteiger partial charge in [0.2, 0.25) is 5.88 Å². The van der Waals surface area contributed by atoms with E-state index < -0.39 is 0 Å². The SMILES string of the molecule is COc1ncc(-c2ccc3ncc4c([nH]c(=O)n4C)c3c2)c(OC)n1. The van der Waals surface area contributed by atoms with E-state index in [4.69, 9.17) is 9.47 Å². The zero-order chi connectivity index (χ0) is 17.6. The minimum absolute atomic E-state index is 0.180. The Morgan fingerprint density at radius 1 is 1.12 bits per heavy atom. The highest BCUT2D eigenvalue weighted by Crippen LogP contribution is 2.32. The van der Waals surface area contributed by atoms with Crippen LogP contribution in [0.5, 0.6) is 11.9 Å². The summed E-state index contributed by atoms with van der Waals surface area (Å²) in [6.45, 7) is 0. The number of fused-ring (bicyclic) bond motifs is 3. The van der Waals surface area contributed by atoms with Gasteiger partial charge in [0.15, 0.2) is 0 Å². The molecule has 4 aromatic rings. The predicted octanol–water partition coefficient (Wildman–Crippen LogP) is 1.89. The number of hydrogen-bond donors (Lipinski definition) is 1. The van der Waals surface area contributed by atoms with E-state index in [1.54, 1.807) is 26.6 Å². The van der Waals surface area contributed by atoms with Crippen LogP contribution in [-0.2, 0) is 7.05 Å². The van der Waals surface area contributed by atoms with Gasteiger partial charge in [-0.05, 0) is 17.7 Å². The summed E-state index contributed by atoms with van der Waals surface area (Å²) in [5.74, 6) is 0.410. The second kappa shape index (κ2) is 5.59. The number of aryl methyl sites for hydroxylation is 1. The van der Waals surface area contributed by atoms with Gasteiger partial charge in [0, 0.05) is 18.6 Å². The Morgan fingerprint density at radius 3 is 2.72 bits per heavy atom. The van der Waals surface area contributed by atoms with Crippen LogP contribution in [0.25, 0.3) is 33.1 Å². The number of imidazole rings is 1. The van der Waals surface area contributed by atoms with Gasteiger partial charge in [0.1, 0.15) is 0 Å². The molecule has 0 bridgehead atoms. The number of rotatable bonds is 3. The fourth-order valence-electron chi connectivity index (χ4n) is 2.84. The molecule has 8 nitrogen and oxygen atoms in total. The van der Waals surface area contributed by atoms with Crippen molar-refractivity contribution < 1.29 is 9.47 Å². The van der Waals surface area contributed by atoms with Crippen LogP contribution >= 0.6 is 0 Å². The molecule has 0 aliphatic heterocycles. The number of methoxy groups -OCH3 is 2. The maximum Gasteiger partial charge on any atom is 0.326 e. The third-order valence-corrected chi connectivity index (χ3v) is 4.16. The lowest BCUT2D eigenvalue weighted by molar-refractivity contribution is 0.353. The molecule has 0 radical (unpaired) electrons. The van der Waals surface area contributed by atoms with Crippen molar-refractivity contribution in [1.82, 2.24) is 24.5 Å². The van der Waals surface area contributed by atoms with Crippen LogP contribution < -0.4 is 15.2 Å². The average molecular weight is 337 g/mol. The van der Waals surface area contributed by atoms with Gasteiger partial charge in [-0.15, -0.1) is 0 Å². The Balaban J connectivity index is 1.99. The number of nitrogens with one attached hydrogen (secondary N) is 1. The first-order chi connectivity index (χ1) is 12.1. The lowest BCUT2D eigenvalue weighted by Gasteiger charge is -2.09. The van der Waals surface area contributed by atoms with Gasteiger partial charge in [0.25, 0.3) is 0 Å². The molecular formula is C17H15N5O3. The third-order valence-electron chi connectivity index (χ3n) is 4.16. The molecule has 3 aromatic heterocycles. The Kier molecular flexibility index (Phi) is 3.38. The Hall–Kier alpha value is -3.42. The van der Waals surface area contributed by atoms with Gasteiger partial charge in [0.05, 0.1) is 42.5 Å². The first kappa shape index (κ1) is 15.1. The highest BCUT2D eigenvalue weighted by atomic mass is 16.5. The summed E-state index contributed by atoms with van der Waals surface area (Å²) < 4.78 is 11.9. The van der Waals surface area contributed by atoms with Crippen LogP contribution in [0.4, 0.5) is 0 Å². The van der Waals surface area contributed by atoms with Crippen LogP contribution in [0, 0.1) is 0 Å². The van der Waals surface area contributed by atoms with Crippen LogP contribution in [0.2, 0.25) is 0 Å². The molecule has 25 heavy (non-hydrogen) atoms. The Morgan fingerprint density at radius 2 is 1.96 bits per heavy atom. The molecule has 0 saturated carbocycles. The number of aromatic nitrogens is 5. The molecule has 0 fully saturated rings. The lowest BCUT2D eigenvalue weighted by Crippen LogP contribution is -2.11. The summed E-state index contributed by atoms with van der Waals surface area (Å²) in [6, 6.07) is 5.97. The largest absolute Gasteiger partial charge is 0.480 e. The van der Waals surface area contributed by atoms with Crippen LogP contribution in [0.15, 0.2) is 35.4 Å². The monoisotopic (exact) mass is 337 g/mol. The van der Waals surface area contributed by atoms with E-state index in [0.717, 1.165) is 33.1 Å². The summed E-state index contributed by atoms with van der Waals surface area (Å²) in [6.07, 6.45) is 3.33. The van der Waals surface area contributed by atoms with Crippen molar-refractivity contribution in [1.29, 1.82) is 0 Å². The minimum Gasteiger partial charge on any atom is -0.480 e. The van der Waals surface area contributed by atoms with Crippen LogP contribution in [0.1, 0.15) is 0 Å². The van der Waals surface area contributed by atoms with Crippen molar-refractivity contribution in [3.63, 3.8) is 0 Å². The van der Waals surface area contributed by atoms with Gasteiger partial charge < -0.3 is 14.5 Å². The van der Waals surface area contributed by atoms with E-state index in [2.05, 4.69) is 19.9 Å². The lowest BCUT2D eigenvalue weighted by atomic mass is 10.0. The number of ether oxygens (including phenoxy) is 2. The average Bonchev–Trinajstić information content (AvgIpc) is 2.95. The van der Waals surface area contributed by atoms with Gasteiger partial charge >= 0.3 is 11.7 Å². The van der Waals surface area contributed by atoms with Gasteiger partial charge in [-0.3, -0.25) is 9.55 Å². The first-order valence-corrected chi connectivity index (χ1v) is 7.55. The molecular weight excluding hydrogens is 322 g/mol. The topological polar surface area (TPSA) is 94.9 Å². The second-order valence-corrected chi connectivity index (χ2v) is 5.52. The molecule has 126 valence electrons. The number of H-pyrrole nitrogens is 1. The highest BCUT2D eigenvalue weighted by Gasteiger charge is 2.13. The summed E-state index contributed by atoms with van der Waals surface area (Å²) in [4.78, 5) is 27.6. The fraction of sp³-hybridized carbons (Fsp3) is 0.176. The molecule has 3 heterocycles. The normalized spacial score (nSPS) is 11.2. The minimum atomic E-state index is -0.180. The van der Waals surface area contributed by atoms with Crippen LogP contribution in [0.3, 0.4) is 0 Å². The zero-order valence-corrected chi connectivity index (χ0v) is 13.9. The zero-order valence-electron chi connectivity index (χ0n) is 13.9. The van der Waals surface area contributed by atoms with Crippen molar-refractivity contribution >= 4 is 21.9 Å². The maximum atomic E-state index is 11.9. The first-order valence-electron chi connectivity index (χ1n) is 7.55. The van der Waals surface area contributed by atoms with E-state index in [1.807, 2.05) is 18.2 Å². The smallest absolute Gasteiger partial charge is 0.326 e. The highest BCUT2D eigenvalue weighted by molar-refractivity contribution is 6.03. The van der Waals surface area contributed by atoms with E-state index in [9.17, 15) is 4.79 Å². The molecule has 1 N–H and O–H groups in total. The van der Waals surface area contributed by atoms with Crippen molar-refractivity contribution in [3.8, 4) is 23.0 Å². The van der Waals surface area contributed by atoms with Crippen molar-refractivity contribution in [2.75, 3.05) is 14.2 Å². The molecule has 4 rings (SSSR count). The summed E-state index contributed by atoms with van der Waals surface area (Å²) in [5.41, 5.74) is 3.67. The molecule has 0 aliphatic carbocycles. The summed E-state index contributed by atoms with van der Waals surface area (Å²) in [5, 5.41) is 0.838. The van der Waals surface area contributed by atoms with Crippen LogP contribution in [-0.4, -0.2) is 38.7 Å². The molecule has 1 aromatic carbocycles. The van der Waals surface area contributed by atoms with Crippen molar-refractivity contribution in [3.05, 3.63) is 41.1 Å². The summed E-state index contributed by atoms with van der Waals surface area (Å²) >= 11 is 0. The van der Waals surface area contributed by atoms with E-state index >= 15 is 0 Å². The van der Waals surface area contributed by atoms with Gasteiger partial charge in [-0.2, -0.15) is 4.98 Å². The maximum absolute atomic E-state index is 11.9. The van der Waals surface area contributed by atoms with Crippen molar-refractivity contribution in [2.24, 2.45) is 7.05 Å². The number of benzene rings is 1. The number of aromatic amines is 1. The second-order valence-electron chi connectivity index (χ2n) is 5.52. The molecule has 0 unspecified atom stereocenters. The van der Waals surface area contributed by atoms with Gasteiger partial charge in [-0.1, -0.05) is 6.07 Å². The summed E-state index contributed by atoms with van der Waals surface area (Å²) in [7, 11) is 4.75. The third kappa shape index (κ3) is 2.30. The number of nitrogens with zero attached hydrogens (tertiary/aromatic N) is 4. The molecule has 0 aliphatic rings. The molecule has 0 saturated heterocycles. The van der Waals surface area contributed by atoms with E-state index in [0.29, 0.717) is 5.88 Å². The molecule has 0 atom stereocenters. The standard InChI is InChI=1S/C17H15N5O3/c1-22-13-8-18-12-5-4-9(6-10(12)14(13)20-17(22)23)11-7-19-16(25-3)21-15(11)24-2/h4-8H,1-3H3,(H,20,23). The Bertz CT molecular complexity index is 1160. The molecule has 0 amide bonds. The van der Waals surface area contributed by atoms with Gasteiger partial charge in [-0.25, -0.2) is 9.78 Å². The fourth-order valence-corrected chi connectivity index (χ4v) is 2.84. The number of pyridine rings is 1. The number of hydrogen-bond acceptors (Lipinski definition) is 6. The molecule has 0 spiro atoms. The Labute approximate surface area is 142 Å². The van der Waals surface area contributed by atoms with E-state index in [-0.39, 0.29) is 11.7 Å².